The first kappa shape index (κ1) is 11.6. The lowest BCUT2D eigenvalue weighted by molar-refractivity contribution is 0.774. The largest absolute Gasteiger partial charge is 0.383 e. The number of nitrogens with zero attached hydrogens (tertiary/aromatic N) is 3. The number of fused-ring (bicyclic) bond motifs is 1. The number of anilines is 2. The van der Waals surface area contributed by atoms with Gasteiger partial charge in [-0.2, -0.15) is 9.97 Å². The fraction of sp³-hybridized carbons (Fsp3) is 0.417. The predicted molar refractivity (Wildman–Crippen MR) is 69.5 cm³/mol. The first-order valence-corrected chi connectivity index (χ1v) is 5.81. The quantitative estimate of drug-likeness (QED) is 0.841. The molecular formula is C12H17N5. The highest BCUT2D eigenvalue weighted by Crippen LogP contribution is 2.21. The van der Waals surface area contributed by atoms with Gasteiger partial charge >= 0.3 is 0 Å². The molecule has 0 spiro atoms. The Morgan fingerprint density at radius 1 is 1.18 bits per heavy atom. The fourth-order valence-corrected chi connectivity index (χ4v) is 1.83. The Morgan fingerprint density at radius 3 is 2.65 bits per heavy atom. The van der Waals surface area contributed by atoms with E-state index in [0.29, 0.717) is 11.5 Å². The van der Waals surface area contributed by atoms with E-state index >= 15 is 0 Å². The maximum absolute atomic E-state index is 5.81. The molecule has 0 saturated heterocycles. The van der Waals surface area contributed by atoms with Crippen molar-refractivity contribution in [3.05, 3.63) is 17.3 Å². The summed E-state index contributed by atoms with van der Waals surface area (Å²) in [6.45, 7) is 4.20. The van der Waals surface area contributed by atoms with Crippen molar-refractivity contribution in [3.8, 4) is 0 Å². The van der Waals surface area contributed by atoms with Crippen LogP contribution < -0.4 is 11.5 Å². The van der Waals surface area contributed by atoms with Crippen molar-refractivity contribution in [3.63, 3.8) is 0 Å². The van der Waals surface area contributed by atoms with Crippen molar-refractivity contribution in [2.75, 3.05) is 11.5 Å². The number of rotatable bonds is 3. The molecule has 2 aromatic rings. The highest BCUT2D eigenvalue weighted by molar-refractivity contribution is 5.86. The van der Waals surface area contributed by atoms with Crippen molar-refractivity contribution >= 4 is 22.8 Å². The molecule has 4 N–H and O–H groups in total. The molecule has 0 radical (unpaired) electrons. The normalized spacial score (nSPS) is 10.9. The van der Waals surface area contributed by atoms with Crippen LogP contribution in [0.3, 0.4) is 0 Å². The van der Waals surface area contributed by atoms with Crippen molar-refractivity contribution in [1.82, 2.24) is 15.0 Å². The monoisotopic (exact) mass is 231 g/mol. The Kier molecular flexibility index (Phi) is 3.08. The topological polar surface area (TPSA) is 90.7 Å². The summed E-state index contributed by atoms with van der Waals surface area (Å²) in [4.78, 5) is 12.6. The third-order valence-electron chi connectivity index (χ3n) is 2.80. The van der Waals surface area contributed by atoms with Gasteiger partial charge in [0.1, 0.15) is 5.82 Å². The SMILES string of the molecule is CCCCc1nc2nc(N)nc(N)c2cc1C. The van der Waals surface area contributed by atoms with E-state index in [4.69, 9.17) is 11.5 Å². The van der Waals surface area contributed by atoms with E-state index in [0.717, 1.165) is 35.9 Å². The van der Waals surface area contributed by atoms with Crippen LogP contribution in [0.2, 0.25) is 0 Å². The number of aromatic nitrogens is 3. The van der Waals surface area contributed by atoms with Gasteiger partial charge in [-0.05, 0) is 31.4 Å². The lowest BCUT2D eigenvalue weighted by Crippen LogP contribution is -2.04. The summed E-state index contributed by atoms with van der Waals surface area (Å²) in [6, 6.07) is 1.99. The standard InChI is InChI=1S/C12H17N5/c1-3-4-5-9-7(2)6-8-10(13)16-12(14)17-11(8)15-9/h6H,3-5H2,1-2H3,(H4,13,14,15,16,17). The van der Waals surface area contributed by atoms with Crippen LogP contribution in [0, 0.1) is 6.92 Å². The Labute approximate surface area is 100 Å². The molecule has 0 amide bonds. The van der Waals surface area contributed by atoms with Crippen LogP contribution >= 0.6 is 0 Å². The second-order valence-corrected chi connectivity index (χ2v) is 4.19. The number of hydrogen-bond donors (Lipinski definition) is 2. The number of unbranched alkanes of at least 4 members (excludes halogenated alkanes) is 1. The van der Waals surface area contributed by atoms with Gasteiger partial charge in [-0.1, -0.05) is 13.3 Å². The van der Waals surface area contributed by atoms with Gasteiger partial charge in [0.25, 0.3) is 0 Å². The number of nitrogens with two attached hydrogens (primary N) is 2. The summed E-state index contributed by atoms with van der Waals surface area (Å²) in [5.41, 5.74) is 14.2. The fourth-order valence-electron chi connectivity index (χ4n) is 1.83. The molecule has 0 unspecified atom stereocenters. The first-order chi connectivity index (χ1) is 8.11. The average molecular weight is 231 g/mol. The molecule has 2 heterocycles. The summed E-state index contributed by atoms with van der Waals surface area (Å²) in [7, 11) is 0. The number of pyridine rings is 1. The van der Waals surface area contributed by atoms with Crippen LogP contribution in [-0.4, -0.2) is 15.0 Å². The predicted octanol–water partition coefficient (Wildman–Crippen LogP) is 1.84. The third-order valence-corrected chi connectivity index (χ3v) is 2.80. The van der Waals surface area contributed by atoms with Gasteiger partial charge in [-0.3, -0.25) is 0 Å². The number of hydrogen-bond acceptors (Lipinski definition) is 5. The molecule has 0 aliphatic heterocycles. The zero-order valence-electron chi connectivity index (χ0n) is 10.2. The first-order valence-electron chi connectivity index (χ1n) is 5.81. The van der Waals surface area contributed by atoms with Gasteiger partial charge in [0, 0.05) is 5.69 Å². The highest BCUT2D eigenvalue weighted by atomic mass is 15.1. The molecule has 0 aliphatic rings. The van der Waals surface area contributed by atoms with E-state index in [2.05, 4.69) is 21.9 Å². The molecule has 5 nitrogen and oxygen atoms in total. The van der Waals surface area contributed by atoms with E-state index in [9.17, 15) is 0 Å². The van der Waals surface area contributed by atoms with E-state index in [1.807, 2.05) is 13.0 Å². The Morgan fingerprint density at radius 2 is 1.94 bits per heavy atom. The van der Waals surface area contributed by atoms with Crippen LogP contribution in [0.5, 0.6) is 0 Å². The number of nitrogen functional groups attached to an aromatic ring is 2. The molecule has 0 fully saturated rings. The van der Waals surface area contributed by atoms with E-state index in [-0.39, 0.29) is 5.95 Å². The van der Waals surface area contributed by atoms with Gasteiger partial charge in [0.2, 0.25) is 5.95 Å². The zero-order chi connectivity index (χ0) is 12.4. The van der Waals surface area contributed by atoms with Gasteiger partial charge in [-0.15, -0.1) is 0 Å². The van der Waals surface area contributed by atoms with Crippen molar-refractivity contribution in [2.24, 2.45) is 0 Å². The molecule has 5 heteroatoms. The summed E-state index contributed by atoms with van der Waals surface area (Å²) in [5.74, 6) is 0.568. The molecule has 0 aromatic carbocycles. The Hall–Kier alpha value is -1.91. The van der Waals surface area contributed by atoms with E-state index in [1.165, 1.54) is 0 Å². The van der Waals surface area contributed by atoms with Crippen LogP contribution in [-0.2, 0) is 6.42 Å². The van der Waals surface area contributed by atoms with E-state index in [1.54, 1.807) is 0 Å². The Bertz CT molecular complexity index is 550. The molecule has 0 aliphatic carbocycles. The van der Waals surface area contributed by atoms with Crippen LogP contribution in [0.25, 0.3) is 11.0 Å². The van der Waals surface area contributed by atoms with Crippen molar-refractivity contribution in [2.45, 2.75) is 33.1 Å². The van der Waals surface area contributed by atoms with Crippen LogP contribution in [0.1, 0.15) is 31.0 Å². The highest BCUT2D eigenvalue weighted by Gasteiger charge is 2.08. The molecule has 2 rings (SSSR count). The lowest BCUT2D eigenvalue weighted by atomic mass is 10.1. The van der Waals surface area contributed by atoms with Gasteiger partial charge in [-0.25, -0.2) is 4.98 Å². The summed E-state index contributed by atoms with van der Waals surface area (Å²) < 4.78 is 0. The molecule has 0 atom stereocenters. The molecule has 0 bridgehead atoms. The van der Waals surface area contributed by atoms with Crippen molar-refractivity contribution < 1.29 is 0 Å². The number of aryl methyl sites for hydroxylation is 2. The lowest BCUT2D eigenvalue weighted by Gasteiger charge is -2.07. The maximum Gasteiger partial charge on any atom is 0.224 e. The third kappa shape index (κ3) is 2.27. The maximum atomic E-state index is 5.81. The van der Waals surface area contributed by atoms with Crippen LogP contribution in [0.15, 0.2) is 6.07 Å². The minimum Gasteiger partial charge on any atom is -0.383 e. The second kappa shape index (κ2) is 4.53. The molecule has 0 saturated carbocycles. The van der Waals surface area contributed by atoms with E-state index < -0.39 is 0 Å². The second-order valence-electron chi connectivity index (χ2n) is 4.19. The minimum absolute atomic E-state index is 0.174. The Balaban J connectivity index is 2.55. The smallest absolute Gasteiger partial charge is 0.224 e. The van der Waals surface area contributed by atoms with Gasteiger partial charge < -0.3 is 11.5 Å². The molecule has 17 heavy (non-hydrogen) atoms. The van der Waals surface area contributed by atoms with Crippen LogP contribution in [0.4, 0.5) is 11.8 Å². The minimum atomic E-state index is 0.174. The van der Waals surface area contributed by atoms with Gasteiger partial charge in [0.05, 0.1) is 5.39 Å². The summed E-state index contributed by atoms with van der Waals surface area (Å²) in [6.07, 6.45) is 3.23. The molecular weight excluding hydrogens is 214 g/mol. The van der Waals surface area contributed by atoms with Gasteiger partial charge in [0.15, 0.2) is 5.65 Å². The summed E-state index contributed by atoms with van der Waals surface area (Å²) in [5, 5.41) is 0.775. The zero-order valence-corrected chi connectivity index (χ0v) is 10.2. The summed E-state index contributed by atoms with van der Waals surface area (Å²) >= 11 is 0. The van der Waals surface area contributed by atoms with Crippen molar-refractivity contribution in [1.29, 1.82) is 0 Å². The molecule has 90 valence electrons. The molecule has 2 aromatic heterocycles. The average Bonchev–Trinajstić information content (AvgIpc) is 2.27.